The Morgan fingerprint density at radius 2 is 1.48 bits per heavy atom. The van der Waals surface area contributed by atoms with Crippen LogP contribution in [0.5, 0.6) is 0 Å². The van der Waals surface area contributed by atoms with Crippen LogP contribution in [0.2, 0.25) is 0 Å². The molecule has 0 radical (unpaired) electrons. The summed E-state index contributed by atoms with van der Waals surface area (Å²) in [5, 5.41) is 13.7. The molecule has 0 spiro atoms. The SMILES string of the molecule is CC(NC(=O)c1ccc2ccccc2c1)c1ccc(C(=O)NO)cc1. The summed E-state index contributed by atoms with van der Waals surface area (Å²) in [6, 6.07) is 19.9. The van der Waals surface area contributed by atoms with E-state index in [2.05, 4.69) is 5.32 Å². The van der Waals surface area contributed by atoms with Crippen molar-refractivity contribution in [2.75, 3.05) is 0 Å². The van der Waals surface area contributed by atoms with Gasteiger partial charge in [-0.2, -0.15) is 0 Å². The molecule has 5 nitrogen and oxygen atoms in total. The third-order valence-corrected chi connectivity index (χ3v) is 4.13. The third-order valence-electron chi connectivity index (χ3n) is 4.13. The second-order valence-electron chi connectivity index (χ2n) is 5.82. The number of fused-ring (bicyclic) bond motifs is 1. The van der Waals surface area contributed by atoms with Gasteiger partial charge in [0.05, 0.1) is 6.04 Å². The van der Waals surface area contributed by atoms with Crippen LogP contribution < -0.4 is 10.8 Å². The standard InChI is InChI=1S/C20H18N2O3/c1-13(14-6-9-16(10-7-14)20(24)22-25)21-19(23)18-11-8-15-4-2-3-5-17(15)12-18/h2-13,25H,1H3,(H,21,23)(H,22,24). The first kappa shape index (κ1) is 16.7. The van der Waals surface area contributed by atoms with Gasteiger partial charge in [-0.25, -0.2) is 5.48 Å². The van der Waals surface area contributed by atoms with E-state index in [-0.39, 0.29) is 11.9 Å². The highest BCUT2D eigenvalue weighted by atomic mass is 16.5. The van der Waals surface area contributed by atoms with E-state index in [1.54, 1.807) is 35.8 Å². The number of carbonyl (C=O) groups excluding carboxylic acids is 2. The lowest BCUT2D eigenvalue weighted by molar-refractivity contribution is 0.0706. The molecule has 3 N–H and O–H groups in total. The molecule has 0 bridgehead atoms. The molecule has 0 saturated carbocycles. The van der Waals surface area contributed by atoms with Gasteiger partial charge in [0.25, 0.3) is 11.8 Å². The van der Waals surface area contributed by atoms with Gasteiger partial charge in [-0.1, -0.05) is 42.5 Å². The van der Waals surface area contributed by atoms with Gasteiger partial charge in [0.1, 0.15) is 0 Å². The Bertz CT molecular complexity index is 920. The van der Waals surface area contributed by atoms with Gasteiger partial charge in [0.15, 0.2) is 0 Å². The Labute approximate surface area is 145 Å². The lowest BCUT2D eigenvalue weighted by Gasteiger charge is -2.15. The highest BCUT2D eigenvalue weighted by Crippen LogP contribution is 2.18. The van der Waals surface area contributed by atoms with Crippen LogP contribution in [-0.2, 0) is 0 Å². The van der Waals surface area contributed by atoms with E-state index in [9.17, 15) is 9.59 Å². The van der Waals surface area contributed by atoms with Crippen molar-refractivity contribution >= 4 is 22.6 Å². The topological polar surface area (TPSA) is 78.4 Å². The zero-order valence-electron chi connectivity index (χ0n) is 13.7. The second kappa shape index (κ2) is 7.15. The zero-order chi connectivity index (χ0) is 17.8. The number of hydrogen-bond donors (Lipinski definition) is 3. The second-order valence-corrected chi connectivity index (χ2v) is 5.82. The molecule has 0 aliphatic carbocycles. The molecule has 3 aromatic rings. The Morgan fingerprint density at radius 3 is 2.16 bits per heavy atom. The highest BCUT2D eigenvalue weighted by molar-refractivity contribution is 5.98. The molecule has 0 aliphatic rings. The fourth-order valence-electron chi connectivity index (χ4n) is 2.68. The molecule has 25 heavy (non-hydrogen) atoms. The van der Waals surface area contributed by atoms with Gasteiger partial charge in [0.2, 0.25) is 0 Å². The van der Waals surface area contributed by atoms with Gasteiger partial charge in [0, 0.05) is 11.1 Å². The van der Waals surface area contributed by atoms with Crippen molar-refractivity contribution in [1.29, 1.82) is 0 Å². The summed E-state index contributed by atoms with van der Waals surface area (Å²) in [6.45, 7) is 1.88. The molecule has 0 aliphatic heterocycles. The molecule has 0 heterocycles. The first-order valence-corrected chi connectivity index (χ1v) is 7.92. The van der Waals surface area contributed by atoms with Gasteiger partial charge < -0.3 is 5.32 Å². The van der Waals surface area contributed by atoms with E-state index < -0.39 is 5.91 Å². The van der Waals surface area contributed by atoms with Crippen LogP contribution in [0.3, 0.4) is 0 Å². The van der Waals surface area contributed by atoms with E-state index in [0.717, 1.165) is 16.3 Å². The van der Waals surface area contributed by atoms with Gasteiger partial charge in [-0.05, 0) is 47.5 Å². The molecule has 0 aromatic heterocycles. The number of hydrogen-bond acceptors (Lipinski definition) is 3. The molecule has 1 unspecified atom stereocenters. The average molecular weight is 334 g/mol. The molecular formula is C20H18N2O3. The lowest BCUT2D eigenvalue weighted by Crippen LogP contribution is -2.26. The Morgan fingerprint density at radius 1 is 0.840 bits per heavy atom. The zero-order valence-corrected chi connectivity index (χ0v) is 13.7. The van der Waals surface area contributed by atoms with Crippen LogP contribution in [0.15, 0.2) is 66.7 Å². The highest BCUT2D eigenvalue weighted by Gasteiger charge is 2.13. The predicted octanol–water partition coefficient (Wildman–Crippen LogP) is 3.45. The minimum atomic E-state index is -0.570. The minimum Gasteiger partial charge on any atom is -0.346 e. The maximum atomic E-state index is 12.5. The first-order valence-electron chi connectivity index (χ1n) is 7.92. The quantitative estimate of drug-likeness (QED) is 0.505. The van der Waals surface area contributed by atoms with E-state index in [4.69, 9.17) is 5.21 Å². The molecule has 126 valence electrons. The fraction of sp³-hybridized carbons (Fsp3) is 0.100. The first-order chi connectivity index (χ1) is 12.1. The van der Waals surface area contributed by atoms with Crippen molar-refractivity contribution in [3.8, 4) is 0 Å². The molecule has 2 amide bonds. The predicted molar refractivity (Wildman–Crippen MR) is 95.5 cm³/mol. The Balaban J connectivity index is 1.73. The Kier molecular flexibility index (Phi) is 4.77. The summed E-state index contributed by atoms with van der Waals surface area (Å²) in [5.41, 5.74) is 3.40. The molecule has 0 fully saturated rings. The number of carbonyl (C=O) groups is 2. The summed E-state index contributed by atoms with van der Waals surface area (Å²) in [7, 11) is 0. The maximum Gasteiger partial charge on any atom is 0.274 e. The molecular weight excluding hydrogens is 316 g/mol. The third kappa shape index (κ3) is 3.67. The normalized spacial score (nSPS) is 11.8. The number of nitrogens with one attached hydrogen (secondary N) is 2. The van der Waals surface area contributed by atoms with Crippen molar-refractivity contribution in [3.05, 3.63) is 83.4 Å². The van der Waals surface area contributed by atoms with Gasteiger partial charge >= 0.3 is 0 Å². The lowest BCUT2D eigenvalue weighted by atomic mass is 10.0. The number of rotatable bonds is 4. The van der Waals surface area contributed by atoms with Crippen molar-refractivity contribution in [3.63, 3.8) is 0 Å². The molecule has 5 heteroatoms. The molecule has 0 saturated heterocycles. The summed E-state index contributed by atoms with van der Waals surface area (Å²) < 4.78 is 0. The average Bonchev–Trinajstić information content (AvgIpc) is 2.67. The minimum absolute atomic E-state index is 0.157. The van der Waals surface area contributed by atoms with Gasteiger partial charge in [-0.3, -0.25) is 14.8 Å². The summed E-state index contributed by atoms with van der Waals surface area (Å²) >= 11 is 0. The summed E-state index contributed by atoms with van der Waals surface area (Å²) in [5.74, 6) is -0.727. The largest absolute Gasteiger partial charge is 0.346 e. The number of amides is 2. The fourth-order valence-corrected chi connectivity index (χ4v) is 2.68. The smallest absolute Gasteiger partial charge is 0.274 e. The monoisotopic (exact) mass is 334 g/mol. The van der Waals surface area contributed by atoms with Crippen LogP contribution in [0, 0.1) is 0 Å². The van der Waals surface area contributed by atoms with Crippen LogP contribution >= 0.6 is 0 Å². The van der Waals surface area contributed by atoms with E-state index in [0.29, 0.717) is 11.1 Å². The van der Waals surface area contributed by atoms with Crippen LogP contribution in [0.4, 0.5) is 0 Å². The van der Waals surface area contributed by atoms with Crippen LogP contribution in [0.1, 0.15) is 39.2 Å². The van der Waals surface area contributed by atoms with Crippen molar-refractivity contribution in [2.24, 2.45) is 0 Å². The summed E-state index contributed by atoms with van der Waals surface area (Å²) in [6.07, 6.45) is 0. The molecule has 3 rings (SSSR count). The number of benzene rings is 3. The van der Waals surface area contributed by atoms with Crippen molar-refractivity contribution < 1.29 is 14.8 Å². The van der Waals surface area contributed by atoms with E-state index >= 15 is 0 Å². The Hall–Kier alpha value is -3.18. The summed E-state index contributed by atoms with van der Waals surface area (Å²) in [4.78, 5) is 23.8. The van der Waals surface area contributed by atoms with Crippen molar-refractivity contribution in [2.45, 2.75) is 13.0 Å². The van der Waals surface area contributed by atoms with E-state index in [1.165, 1.54) is 0 Å². The molecule has 1 atom stereocenters. The van der Waals surface area contributed by atoms with Crippen LogP contribution in [-0.4, -0.2) is 17.0 Å². The van der Waals surface area contributed by atoms with Gasteiger partial charge in [-0.15, -0.1) is 0 Å². The van der Waals surface area contributed by atoms with Crippen molar-refractivity contribution in [1.82, 2.24) is 10.8 Å². The van der Waals surface area contributed by atoms with Crippen LogP contribution in [0.25, 0.3) is 10.8 Å². The maximum absolute atomic E-state index is 12.5. The molecule has 3 aromatic carbocycles. The van der Waals surface area contributed by atoms with E-state index in [1.807, 2.05) is 43.3 Å². The number of hydroxylamine groups is 1.